The van der Waals surface area contributed by atoms with Gasteiger partial charge < -0.3 is 14.7 Å². The third-order valence-corrected chi connectivity index (χ3v) is 3.76. The van der Waals surface area contributed by atoms with Crippen molar-refractivity contribution in [2.45, 2.75) is 13.0 Å². The van der Waals surface area contributed by atoms with Gasteiger partial charge in [-0.15, -0.1) is 13.2 Å². The number of benzene rings is 1. The topological polar surface area (TPSA) is 66.8 Å². The number of hydrogen-bond acceptors (Lipinski definition) is 4. The van der Waals surface area contributed by atoms with Gasteiger partial charge in [0.1, 0.15) is 0 Å². The summed E-state index contributed by atoms with van der Waals surface area (Å²) in [5, 5.41) is 9.42. The molecule has 1 aromatic rings. The molecule has 1 heterocycles. The van der Waals surface area contributed by atoms with Gasteiger partial charge in [-0.2, -0.15) is 0 Å². The number of nitrogens with zero attached hydrogens (tertiary/aromatic N) is 1. The number of amides is 1. The van der Waals surface area contributed by atoms with Gasteiger partial charge in [-0.05, 0) is 24.6 Å². The first kappa shape index (κ1) is 20.3. The van der Waals surface area contributed by atoms with Crippen LogP contribution in [-0.4, -0.2) is 48.0 Å². The number of aromatic hydroxyl groups is 1. The van der Waals surface area contributed by atoms with Crippen LogP contribution in [0.5, 0.6) is 5.75 Å². The van der Waals surface area contributed by atoms with Gasteiger partial charge in [0.25, 0.3) is 5.91 Å². The minimum Gasteiger partial charge on any atom is -0.504 e. The Morgan fingerprint density at radius 3 is 2.68 bits per heavy atom. The lowest BCUT2D eigenvalue weighted by atomic mass is 10.1. The van der Waals surface area contributed by atoms with E-state index in [1.54, 1.807) is 6.08 Å². The number of phenolic OH excluding ortho intramolecular Hbond substituents is 1. The van der Waals surface area contributed by atoms with Crippen LogP contribution in [0.15, 0.2) is 49.6 Å². The summed E-state index contributed by atoms with van der Waals surface area (Å²) in [5.41, 5.74) is 0.634. The minimum atomic E-state index is -0.997. The summed E-state index contributed by atoms with van der Waals surface area (Å²) in [6, 6.07) is 2.11. The molecule has 1 aliphatic rings. The first-order chi connectivity index (χ1) is 12.0. The molecule has 1 aromatic carbocycles. The van der Waals surface area contributed by atoms with Gasteiger partial charge in [0.05, 0.1) is 24.8 Å². The zero-order valence-electron chi connectivity index (χ0n) is 14.2. The Hall–Kier alpha value is -2.73. The Kier molecular flexibility index (Phi) is 7.75. The van der Waals surface area contributed by atoms with Crippen LogP contribution in [0.3, 0.4) is 0 Å². The highest BCUT2D eigenvalue weighted by Crippen LogP contribution is 2.23. The molecular weight excluding hydrogens is 325 g/mol. The van der Waals surface area contributed by atoms with Gasteiger partial charge in [0.15, 0.2) is 17.9 Å². The van der Waals surface area contributed by atoms with Crippen LogP contribution in [0.1, 0.15) is 27.6 Å². The van der Waals surface area contributed by atoms with Crippen LogP contribution in [0.4, 0.5) is 4.39 Å². The fraction of sp³-hybridized carbons (Fsp3) is 0.263. The highest BCUT2D eigenvalue weighted by Gasteiger charge is 2.27. The van der Waals surface area contributed by atoms with Crippen molar-refractivity contribution < 1.29 is 23.8 Å². The van der Waals surface area contributed by atoms with Crippen molar-refractivity contribution in [1.82, 2.24) is 4.90 Å². The molecule has 0 aliphatic carbocycles. The smallest absolute Gasteiger partial charge is 0.254 e. The molecule has 0 aromatic heterocycles. The van der Waals surface area contributed by atoms with Crippen LogP contribution < -0.4 is 0 Å². The molecule has 2 rings (SSSR count). The Bertz CT molecular complexity index is 684. The van der Waals surface area contributed by atoms with Crippen LogP contribution in [-0.2, 0) is 4.74 Å². The highest BCUT2D eigenvalue weighted by molar-refractivity contribution is 5.96. The summed E-state index contributed by atoms with van der Waals surface area (Å²) >= 11 is 0. The molecule has 1 amide bonds. The van der Waals surface area contributed by atoms with Gasteiger partial charge in [0, 0.05) is 12.1 Å². The second kappa shape index (κ2) is 9.54. The van der Waals surface area contributed by atoms with E-state index in [1.807, 2.05) is 13.0 Å². The van der Waals surface area contributed by atoms with Crippen LogP contribution >= 0.6 is 0 Å². The normalized spacial score (nSPS) is 17.3. The molecule has 25 heavy (non-hydrogen) atoms. The number of carbonyl (C=O) groups excluding carboxylic acids is 2. The zero-order valence-corrected chi connectivity index (χ0v) is 14.2. The second-order valence-electron chi connectivity index (χ2n) is 5.12. The molecule has 1 N–H and O–H groups in total. The van der Waals surface area contributed by atoms with Crippen LogP contribution in [0.2, 0.25) is 0 Å². The zero-order chi connectivity index (χ0) is 19.0. The van der Waals surface area contributed by atoms with Crippen molar-refractivity contribution >= 4 is 12.2 Å². The van der Waals surface area contributed by atoms with Gasteiger partial charge in [-0.25, -0.2) is 4.39 Å². The molecule has 134 valence electrons. The second-order valence-corrected chi connectivity index (χ2v) is 5.12. The van der Waals surface area contributed by atoms with E-state index in [0.717, 1.165) is 11.6 Å². The Morgan fingerprint density at radius 2 is 2.12 bits per heavy atom. The largest absolute Gasteiger partial charge is 0.504 e. The van der Waals surface area contributed by atoms with Crippen molar-refractivity contribution in [1.29, 1.82) is 0 Å². The number of halogens is 1. The summed E-state index contributed by atoms with van der Waals surface area (Å²) in [7, 11) is 0. The van der Waals surface area contributed by atoms with Gasteiger partial charge in [0.2, 0.25) is 0 Å². The number of carbonyl (C=O) groups is 2. The number of phenols is 1. The van der Waals surface area contributed by atoms with Crippen molar-refractivity contribution in [3.63, 3.8) is 0 Å². The lowest BCUT2D eigenvalue weighted by molar-refractivity contribution is -0.00320. The predicted molar refractivity (Wildman–Crippen MR) is 94.3 cm³/mol. The fourth-order valence-electron chi connectivity index (χ4n) is 2.49. The molecule has 1 saturated heterocycles. The molecule has 1 atom stereocenters. The molecule has 1 unspecified atom stereocenters. The average molecular weight is 347 g/mol. The Labute approximate surface area is 146 Å². The third kappa shape index (κ3) is 4.64. The Balaban J connectivity index is 0.00000151. The summed E-state index contributed by atoms with van der Waals surface area (Å²) < 4.78 is 19.3. The standard InChI is InChI=1S/C17H18FNO4.C2H4/c1-3-11(4-2)15-9-19(5-6-23-15)17(22)12-7-13(10-20)16(21)14(18)8-12;1-2/h3-4,7-8,10,15,21H,1,5-6,9H2,2H3;1-2H2/b11-4+;. The molecule has 6 heteroatoms. The van der Waals surface area contributed by atoms with Gasteiger partial charge in [-0.3, -0.25) is 9.59 Å². The van der Waals surface area contributed by atoms with Crippen LogP contribution in [0.25, 0.3) is 0 Å². The maximum atomic E-state index is 13.6. The van der Waals surface area contributed by atoms with Gasteiger partial charge in [-0.1, -0.05) is 18.7 Å². The molecular formula is C19H22FNO4. The summed E-state index contributed by atoms with van der Waals surface area (Å²) in [4.78, 5) is 24.9. The summed E-state index contributed by atoms with van der Waals surface area (Å²) in [6.07, 6.45) is 3.55. The molecule has 0 bridgehead atoms. The number of aldehydes is 1. The molecule has 5 nitrogen and oxygen atoms in total. The maximum Gasteiger partial charge on any atom is 0.254 e. The molecule has 0 radical (unpaired) electrons. The van der Waals surface area contributed by atoms with Crippen molar-refractivity contribution in [3.8, 4) is 5.75 Å². The average Bonchev–Trinajstić information content (AvgIpc) is 2.66. The van der Waals surface area contributed by atoms with Crippen molar-refractivity contribution in [2.75, 3.05) is 19.7 Å². The summed E-state index contributed by atoms with van der Waals surface area (Å²) in [5.74, 6) is -2.16. The van der Waals surface area contributed by atoms with E-state index in [2.05, 4.69) is 19.7 Å². The molecule has 0 saturated carbocycles. The lowest BCUT2D eigenvalue weighted by Gasteiger charge is -2.33. The minimum absolute atomic E-state index is 0.0173. The summed E-state index contributed by atoms with van der Waals surface area (Å²) in [6.45, 7) is 12.6. The van der Waals surface area contributed by atoms with E-state index >= 15 is 0 Å². The molecule has 0 spiro atoms. The monoisotopic (exact) mass is 347 g/mol. The number of allylic oxidation sites excluding steroid dienone is 1. The van der Waals surface area contributed by atoms with Crippen molar-refractivity contribution in [2.24, 2.45) is 0 Å². The van der Waals surface area contributed by atoms with Crippen molar-refractivity contribution in [3.05, 3.63) is 66.5 Å². The van der Waals surface area contributed by atoms with E-state index in [1.165, 1.54) is 11.0 Å². The molecule has 1 fully saturated rings. The Morgan fingerprint density at radius 1 is 1.44 bits per heavy atom. The lowest BCUT2D eigenvalue weighted by Crippen LogP contribution is -2.46. The number of hydrogen-bond donors (Lipinski definition) is 1. The van der Waals surface area contributed by atoms with E-state index < -0.39 is 17.5 Å². The first-order valence-corrected chi connectivity index (χ1v) is 7.69. The SMILES string of the molecule is C=C.C=C/C(=C\C)C1CN(C(=O)c2cc(F)c(O)c(C=O)c2)CCO1. The number of ether oxygens (including phenoxy) is 1. The fourth-order valence-corrected chi connectivity index (χ4v) is 2.49. The van der Waals surface area contributed by atoms with E-state index in [0.29, 0.717) is 26.0 Å². The highest BCUT2D eigenvalue weighted by atomic mass is 19.1. The number of rotatable bonds is 4. The predicted octanol–water partition coefficient (Wildman–Crippen LogP) is 3.12. The number of morpholine rings is 1. The molecule has 1 aliphatic heterocycles. The van der Waals surface area contributed by atoms with E-state index in [-0.39, 0.29) is 17.2 Å². The third-order valence-electron chi connectivity index (χ3n) is 3.76. The van der Waals surface area contributed by atoms with Crippen LogP contribution in [0, 0.1) is 5.82 Å². The maximum absolute atomic E-state index is 13.6. The van der Waals surface area contributed by atoms with Gasteiger partial charge >= 0.3 is 0 Å². The van der Waals surface area contributed by atoms with E-state index in [4.69, 9.17) is 4.74 Å². The first-order valence-electron chi connectivity index (χ1n) is 7.69. The van der Waals surface area contributed by atoms with E-state index in [9.17, 15) is 19.1 Å². The quantitative estimate of drug-likeness (QED) is 0.516.